The third-order valence-corrected chi connectivity index (χ3v) is 4.51. The summed E-state index contributed by atoms with van der Waals surface area (Å²) in [6.07, 6.45) is 7.60. The molecule has 136 valence electrons. The van der Waals surface area contributed by atoms with E-state index in [4.69, 9.17) is 5.21 Å². The zero-order chi connectivity index (χ0) is 18.6. The number of benzene rings is 1. The average molecular weight is 362 g/mol. The van der Waals surface area contributed by atoms with Gasteiger partial charge in [-0.3, -0.25) is 15.0 Å². The van der Waals surface area contributed by atoms with E-state index >= 15 is 0 Å². The molecular weight excluding hydrogens is 344 g/mol. The van der Waals surface area contributed by atoms with Crippen LogP contribution in [0.2, 0.25) is 0 Å². The molecule has 27 heavy (non-hydrogen) atoms. The molecule has 0 aliphatic carbocycles. The molecule has 1 aromatic carbocycles. The molecule has 0 saturated heterocycles. The Balaban J connectivity index is 1.70. The zero-order valence-electron chi connectivity index (χ0n) is 14.4. The van der Waals surface area contributed by atoms with Gasteiger partial charge in [0.05, 0.1) is 17.9 Å². The number of hydrogen-bond donors (Lipinski definition) is 3. The van der Waals surface area contributed by atoms with E-state index in [1.165, 1.54) is 0 Å². The third kappa shape index (κ3) is 3.42. The fourth-order valence-electron chi connectivity index (χ4n) is 3.28. The van der Waals surface area contributed by atoms with Crippen LogP contribution < -0.4 is 15.7 Å². The molecule has 1 unspecified atom stereocenters. The predicted molar refractivity (Wildman–Crippen MR) is 100 cm³/mol. The Kier molecular flexibility index (Phi) is 4.63. The van der Waals surface area contributed by atoms with Crippen LogP contribution in [0, 0.1) is 0 Å². The Morgan fingerprint density at radius 2 is 2.04 bits per heavy atom. The van der Waals surface area contributed by atoms with E-state index in [2.05, 4.69) is 20.3 Å². The maximum Gasteiger partial charge on any atom is 0.274 e. The summed E-state index contributed by atoms with van der Waals surface area (Å²) in [5.74, 6) is 0.0560. The summed E-state index contributed by atoms with van der Waals surface area (Å²) in [4.78, 5) is 26.8. The second kappa shape index (κ2) is 7.38. The van der Waals surface area contributed by atoms with Crippen molar-refractivity contribution in [2.24, 2.45) is 0 Å². The van der Waals surface area contributed by atoms with E-state index in [1.807, 2.05) is 23.1 Å². The number of carbonyl (C=O) groups is 1. The summed E-state index contributed by atoms with van der Waals surface area (Å²) in [5.41, 5.74) is 4.93. The summed E-state index contributed by atoms with van der Waals surface area (Å²) in [7, 11) is 0. The second-order valence-corrected chi connectivity index (χ2v) is 6.18. The van der Waals surface area contributed by atoms with Gasteiger partial charge in [0.2, 0.25) is 5.95 Å². The molecule has 3 heterocycles. The van der Waals surface area contributed by atoms with E-state index in [0.29, 0.717) is 24.5 Å². The lowest BCUT2D eigenvalue weighted by molar-refractivity contribution is 0.0706. The molecule has 4 rings (SSSR count). The Morgan fingerprint density at radius 3 is 2.78 bits per heavy atom. The first kappa shape index (κ1) is 16.9. The lowest BCUT2D eigenvalue weighted by atomic mass is 9.96. The molecule has 0 saturated carbocycles. The highest BCUT2D eigenvalue weighted by molar-refractivity contribution is 5.94. The number of hydrogen-bond acceptors (Lipinski definition) is 7. The van der Waals surface area contributed by atoms with Crippen molar-refractivity contribution in [2.45, 2.75) is 12.5 Å². The van der Waals surface area contributed by atoms with Crippen molar-refractivity contribution in [2.75, 3.05) is 16.8 Å². The molecule has 2 aromatic heterocycles. The summed E-state index contributed by atoms with van der Waals surface area (Å²) >= 11 is 0. The number of rotatable bonds is 4. The lowest BCUT2D eigenvalue weighted by Crippen LogP contribution is -2.42. The minimum atomic E-state index is -0.532. The van der Waals surface area contributed by atoms with E-state index in [0.717, 1.165) is 16.9 Å². The molecule has 8 heteroatoms. The summed E-state index contributed by atoms with van der Waals surface area (Å²) in [5, 5.41) is 12.3. The first-order valence-corrected chi connectivity index (χ1v) is 8.54. The van der Waals surface area contributed by atoms with Crippen LogP contribution in [0.3, 0.4) is 0 Å². The monoisotopic (exact) mass is 362 g/mol. The van der Waals surface area contributed by atoms with Crippen molar-refractivity contribution in [1.29, 1.82) is 0 Å². The number of amides is 1. The lowest BCUT2D eigenvalue weighted by Gasteiger charge is -2.35. The topological polar surface area (TPSA) is 103 Å². The van der Waals surface area contributed by atoms with Gasteiger partial charge >= 0.3 is 0 Å². The van der Waals surface area contributed by atoms with Crippen LogP contribution in [0.15, 0.2) is 61.2 Å². The summed E-state index contributed by atoms with van der Waals surface area (Å²) in [6.45, 7) is 0.686. The molecule has 0 spiro atoms. The van der Waals surface area contributed by atoms with Crippen molar-refractivity contribution in [3.05, 3.63) is 72.3 Å². The predicted octanol–water partition coefficient (Wildman–Crippen LogP) is 2.17. The Bertz CT molecular complexity index is 896. The van der Waals surface area contributed by atoms with Gasteiger partial charge in [-0.2, -0.15) is 0 Å². The summed E-state index contributed by atoms with van der Waals surface area (Å²) < 4.78 is 0. The van der Waals surface area contributed by atoms with Gasteiger partial charge in [0, 0.05) is 36.4 Å². The molecule has 0 fully saturated rings. The fourth-order valence-corrected chi connectivity index (χ4v) is 3.28. The van der Waals surface area contributed by atoms with Crippen molar-refractivity contribution in [3.8, 4) is 0 Å². The molecule has 1 aliphatic heterocycles. The van der Waals surface area contributed by atoms with E-state index < -0.39 is 5.91 Å². The van der Waals surface area contributed by atoms with Gasteiger partial charge < -0.3 is 10.2 Å². The van der Waals surface area contributed by atoms with Gasteiger partial charge in [0.25, 0.3) is 5.91 Å². The molecule has 1 atom stereocenters. The maximum atomic E-state index is 11.7. The Hall–Kier alpha value is -3.52. The Labute approximate surface area is 155 Å². The van der Waals surface area contributed by atoms with E-state index in [1.54, 1.807) is 48.5 Å². The van der Waals surface area contributed by atoms with Crippen LogP contribution in [0.1, 0.15) is 15.9 Å². The second-order valence-electron chi connectivity index (χ2n) is 6.18. The third-order valence-electron chi connectivity index (χ3n) is 4.51. The first-order chi connectivity index (χ1) is 13.3. The minimum Gasteiger partial charge on any atom is -0.383 e. The highest BCUT2D eigenvalue weighted by Gasteiger charge is 2.28. The molecule has 0 radical (unpaired) electrons. The SMILES string of the molecule is O=C(NO)c1ccc2c(c1)CC(N(c1cccnc1)c1ncccn1)CN2. The van der Waals surface area contributed by atoms with Crippen LogP contribution in [-0.2, 0) is 6.42 Å². The number of nitrogens with one attached hydrogen (secondary N) is 2. The average Bonchev–Trinajstić information content (AvgIpc) is 2.74. The molecule has 1 aliphatic rings. The molecule has 0 bridgehead atoms. The van der Waals surface area contributed by atoms with Crippen molar-refractivity contribution in [1.82, 2.24) is 20.4 Å². The number of hydroxylamine groups is 1. The van der Waals surface area contributed by atoms with Gasteiger partial charge in [-0.15, -0.1) is 0 Å². The number of nitrogens with zero attached hydrogens (tertiary/aromatic N) is 4. The largest absolute Gasteiger partial charge is 0.383 e. The molecule has 1 amide bonds. The number of fused-ring (bicyclic) bond motifs is 1. The molecule has 8 nitrogen and oxygen atoms in total. The van der Waals surface area contributed by atoms with Gasteiger partial charge in [-0.05, 0) is 48.4 Å². The van der Waals surface area contributed by atoms with Crippen LogP contribution in [0.25, 0.3) is 0 Å². The van der Waals surface area contributed by atoms with Crippen LogP contribution in [0.5, 0.6) is 0 Å². The zero-order valence-corrected chi connectivity index (χ0v) is 14.4. The summed E-state index contributed by atoms with van der Waals surface area (Å²) in [6, 6.07) is 11.0. The first-order valence-electron chi connectivity index (χ1n) is 8.54. The number of anilines is 3. The quantitative estimate of drug-likeness (QED) is 0.483. The van der Waals surface area contributed by atoms with Crippen LogP contribution in [0.4, 0.5) is 17.3 Å². The highest BCUT2D eigenvalue weighted by Crippen LogP contribution is 2.31. The van der Waals surface area contributed by atoms with Gasteiger partial charge in [0.15, 0.2) is 0 Å². The van der Waals surface area contributed by atoms with Gasteiger partial charge in [0.1, 0.15) is 0 Å². The van der Waals surface area contributed by atoms with Gasteiger partial charge in [-0.1, -0.05) is 0 Å². The van der Waals surface area contributed by atoms with E-state index in [9.17, 15) is 4.79 Å². The number of pyridine rings is 1. The molecule has 3 N–H and O–H groups in total. The maximum absolute atomic E-state index is 11.7. The minimum absolute atomic E-state index is 0.0246. The molecular formula is C19H18N6O2. The highest BCUT2D eigenvalue weighted by atomic mass is 16.5. The molecule has 3 aromatic rings. The van der Waals surface area contributed by atoms with Crippen molar-refractivity contribution < 1.29 is 10.0 Å². The smallest absolute Gasteiger partial charge is 0.274 e. The standard InChI is InChI=1S/C19H18N6O2/c26-18(24-27)13-4-5-17-14(9-13)10-16(12-23-17)25(15-3-1-6-20-11-15)19-21-7-2-8-22-19/h1-9,11,16,23,27H,10,12H2,(H,24,26). The normalized spacial score (nSPS) is 15.4. The van der Waals surface area contributed by atoms with Crippen LogP contribution in [-0.4, -0.2) is 38.7 Å². The Morgan fingerprint density at radius 1 is 1.19 bits per heavy atom. The van der Waals surface area contributed by atoms with E-state index in [-0.39, 0.29) is 6.04 Å². The van der Waals surface area contributed by atoms with Gasteiger partial charge in [-0.25, -0.2) is 15.4 Å². The van der Waals surface area contributed by atoms with Crippen molar-refractivity contribution >= 4 is 23.2 Å². The fraction of sp³-hybridized carbons (Fsp3) is 0.158. The van der Waals surface area contributed by atoms with Crippen molar-refractivity contribution in [3.63, 3.8) is 0 Å². The number of aromatic nitrogens is 3. The number of carbonyl (C=O) groups excluding carboxylic acids is 1. The van der Waals surface area contributed by atoms with Crippen LogP contribution >= 0.6 is 0 Å².